The van der Waals surface area contributed by atoms with Crippen LogP contribution in [0.1, 0.15) is 16.3 Å². The van der Waals surface area contributed by atoms with E-state index in [2.05, 4.69) is 58.9 Å². The summed E-state index contributed by atoms with van der Waals surface area (Å²) < 4.78 is 0. The Morgan fingerprint density at radius 1 is 1.22 bits per heavy atom. The standard InChI is InChI=1S/C14H19N3S/c1-11-16-14(10-18-11)8-15-13-6-4-12(5-7-13)9-17(2)3/h4-7,10,15H,8-9H2,1-3H3. The van der Waals surface area contributed by atoms with E-state index in [1.54, 1.807) is 11.3 Å². The summed E-state index contributed by atoms with van der Waals surface area (Å²) >= 11 is 1.69. The molecule has 1 heterocycles. The van der Waals surface area contributed by atoms with Gasteiger partial charge in [-0.1, -0.05) is 12.1 Å². The first-order valence-corrected chi connectivity index (χ1v) is 6.90. The highest BCUT2D eigenvalue weighted by molar-refractivity contribution is 7.09. The van der Waals surface area contributed by atoms with Crippen molar-refractivity contribution < 1.29 is 0 Å². The number of nitrogens with one attached hydrogen (secondary N) is 1. The summed E-state index contributed by atoms with van der Waals surface area (Å²) in [5.41, 5.74) is 3.58. The van der Waals surface area contributed by atoms with Gasteiger partial charge in [-0.05, 0) is 38.7 Å². The van der Waals surface area contributed by atoms with Crippen LogP contribution in [0.2, 0.25) is 0 Å². The Labute approximate surface area is 112 Å². The van der Waals surface area contributed by atoms with Gasteiger partial charge in [0.05, 0.1) is 17.2 Å². The lowest BCUT2D eigenvalue weighted by molar-refractivity contribution is 0.402. The van der Waals surface area contributed by atoms with E-state index >= 15 is 0 Å². The lowest BCUT2D eigenvalue weighted by Crippen LogP contribution is -2.10. The van der Waals surface area contributed by atoms with E-state index < -0.39 is 0 Å². The number of hydrogen-bond donors (Lipinski definition) is 1. The zero-order valence-electron chi connectivity index (χ0n) is 11.1. The van der Waals surface area contributed by atoms with Gasteiger partial charge in [0.2, 0.25) is 0 Å². The van der Waals surface area contributed by atoms with Gasteiger partial charge >= 0.3 is 0 Å². The van der Waals surface area contributed by atoms with Crippen molar-refractivity contribution in [3.05, 3.63) is 45.9 Å². The van der Waals surface area contributed by atoms with Gasteiger partial charge in [0.15, 0.2) is 0 Å². The molecular formula is C14H19N3S. The average Bonchev–Trinajstić information content (AvgIpc) is 2.74. The fourth-order valence-electron chi connectivity index (χ4n) is 1.78. The molecule has 0 aliphatic carbocycles. The first-order valence-electron chi connectivity index (χ1n) is 6.02. The summed E-state index contributed by atoms with van der Waals surface area (Å²) in [5, 5.41) is 6.60. The van der Waals surface area contributed by atoms with Gasteiger partial charge in [-0.25, -0.2) is 4.98 Å². The number of aryl methyl sites for hydroxylation is 1. The van der Waals surface area contributed by atoms with Crippen molar-refractivity contribution in [3.63, 3.8) is 0 Å². The molecule has 1 aromatic carbocycles. The molecule has 0 fully saturated rings. The number of anilines is 1. The van der Waals surface area contributed by atoms with Crippen molar-refractivity contribution in [2.45, 2.75) is 20.0 Å². The summed E-state index contributed by atoms with van der Waals surface area (Å²) in [6.07, 6.45) is 0. The Hall–Kier alpha value is -1.39. The molecule has 1 N–H and O–H groups in total. The molecule has 3 nitrogen and oxygen atoms in total. The van der Waals surface area contributed by atoms with Crippen molar-refractivity contribution >= 4 is 17.0 Å². The topological polar surface area (TPSA) is 28.2 Å². The summed E-state index contributed by atoms with van der Waals surface area (Å²) in [6.45, 7) is 3.80. The molecule has 18 heavy (non-hydrogen) atoms. The number of rotatable bonds is 5. The van der Waals surface area contributed by atoms with Crippen LogP contribution in [-0.4, -0.2) is 24.0 Å². The average molecular weight is 261 g/mol. The number of benzene rings is 1. The molecule has 2 rings (SSSR count). The van der Waals surface area contributed by atoms with Crippen molar-refractivity contribution in [1.82, 2.24) is 9.88 Å². The minimum atomic E-state index is 0.789. The van der Waals surface area contributed by atoms with Crippen LogP contribution >= 0.6 is 11.3 Å². The molecule has 4 heteroatoms. The smallest absolute Gasteiger partial charge is 0.0898 e. The molecule has 96 valence electrons. The second-order valence-corrected chi connectivity index (χ2v) is 5.71. The Morgan fingerprint density at radius 2 is 1.94 bits per heavy atom. The van der Waals surface area contributed by atoms with Crippen LogP contribution in [-0.2, 0) is 13.1 Å². The fourth-order valence-corrected chi connectivity index (χ4v) is 2.39. The van der Waals surface area contributed by atoms with E-state index in [4.69, 9.17) is 0 Å². The largest absolute Gasteiger partial charge is 0.379 e. The minimum Gasteiger partial charge on any atom is -0.379 e. The van der Waals surface area contributed by atoms with E-state index in [1.807, 2.05) is 6.92 Å². The maximum atomic E-state index is 4.43. The predicted octanol–water partition coefficient (Wildman–Crippen LogP) is 3.13. The number of hydrogen-bond acceptors (Lipinski definition) is 4. The van der Waals surface area contributed by atoms with E-state index in [1.165, 1.54) is 5.56 Å². The molecule has 1 aromatic heterocycles. The molecule has 0 aliphatic heterocycles. The third kappa shape index (κ3) is 3.82. The van der Waals surface area contributed by atoms with Gasteiger partial charge in [-0.3, -0.25) is 0 Å². The Kier molecular flexibility index (Phi) is 4.33. The van der Waals surface area contributed by atoms with Crippen LogP contribution in [0.4, 0.5) is 5.69 Å². The maximum Gasteiger partial charge on any atom is 0.0898 e. The highest BCUT2D eigenvalue weighted by Gasteiger charge is 1.99. The van der Waals surface area contributed by atoms with E-state index in [9.17, 15) is 0 Å². The molecule has 0 spiro atoms. The van der Waals surface area contributed by atoms with E-state index in [-0.39, 0.29) is 0 Å². The van der Waals surface area contributed by atoms with Crippen molar-refractivity contribution in [1.29, 1.82) is 0 Å². The molecule has 0 radical (unpaired) electrons. The predicted molar refractivity (Wildman–Crippen MR) is 78.0 cm³/mol. The summed E-state index contributed by atoms with van der Waals surface area (Å²) in [6, 6.07) is 8.57. The molecule has 0 aliphatic rings. The second-order valence-electron chi connectivity index (χ2n) is 4.65. The van der Waals surface area contributed by atoms with Crippen molar-refractivity contribution in [2.24, 2.45) is 0 Å². The summed E-state index contributed by atoms with van der Waals surface area (Å²) in [5.74, 6) is 0. The highest BCUT2D eigenvalue weighted by Crippen LogP contribution is 2.13. The van der Waals surface area contributed by atoms with Crippen molar-refractivity contribution in [2.75, 3.05) is 19.4 Å². The van der Waals surface area contributed by atoms with E-state index in [0.29, 0.717) is 0 Å². The summed E-state index contributed by atoms with van der Waals surface area (Å²) in [4.78, 5) is 6.60. The lowest BCUT2D eigenvalue weighted by atomic mass is 10.2. The van der Waals surface area contributed by atoms with Gasteiger partial charge in [-0.2, -0.15) is 0 Å². The first-order chi connectivity index (χ1) is 8.63. The zero-order valence-corrected chi connectivity index (χ0v) is 11.9. The molecule has 2 aromatic rings. The number of aromatic nitrogens is 1. The van der Waals surface area contributed by atoms with Gasteiger partial charge in [0.1, 0.15) is 0 Å². The first kappa shape index (κ1) is 13.1. The minimum absolute atomic E-state index is 0.789. The third-order valence-corrected chi connectivity index (χ3v) is 3.42. The van der Waals surface area contributed by atoms with Crippen LogP contribution in [0.15, 0.2) is 29.6 Å². The Morgan fingerprint density at radius 3 is 2.50 bits per heavy atom. The Bertz CT molecular complexity index is 488. The monoisotopic (exact) mass is 261 g/mol. The van der Waals surface area contributed by atoms with Gasteiger partial charge in [0, 0.05) is 17.6 Å². The third-order valence-electron chi connectivity index (χ3n) is 2.59. The van der Waals surface area contributed by atoms with Gasteiger partial charge < -0.3 is 10.2 Å². The number of thiazole rings is 1. The van der Waals surface area contributed by atoms with Crippen LogP contribution in [0, 0.1) is 6.92 Å². The maximum absolute atomic E-state index is 4.43. The van der Waals surface area contributed by atoms with Crippen LogP contribution in [0.25, 0.3) is 0 Å². The zero-order chi connectivity index (χ0) is 13.0. The molecule has 0 unspecified atom stereocenters. The van der Waals surface area contributed by atoms with Crippen LogP contribution in [0.3, 0.4) is 0 Å². The van der Waals surface area contributed by atoms with Crippen LogP contribution < -0.4 is 5.32 Å². The highest BCUT2D eigenvalue weighted by atomic mass is 32.1. The SMILES string of the molecule is Cc1nc(CNc2ccc(CN(C)C)cc2)cs1. The van der Waals surface area contributed by atoms with Crippen LogP contribution in [0.5, 0.6) is 0 Å². The molecule has 0 saturated heterocycles. The molecule has 0 atom stereocenters. The fraction of sp³-hybridized carbons (Fsp3) is 0.357. The molecule has 0 amide bonds. The van der Waals surface area contributed by atoms with Gasteiger partial charge in [-0.15, -0.1) is 11.3 Å². The summed E-state index contributed by atoms with van der Waals surface area (Å²) in [7, 11) is 4.16. The molecular weight excluding hydrogens is 242 g/mol. The number of nitrogens with zero attached hydrogens (tertiary/aromatic N) is 2. The van der Waals surface area contributed by atoms with E-state index in [0.717, 1.165) is 29.5 Å². The van der Waals surface area contributed by atoms with Crippen molar-refractivity contribution in [3.8, 4) is 0 Å². The van der Waals surface area contributed by atoms with Gasteiger partial charge in [0.25, 0.3) is 0 Å². The molecule has 0 bridgehead atoms. The second kappa shape index (κ2) is 5.98. The molecule has 0 saturated carbocycles. The lowest BCUT2D eigenvalue weighted by Gasteiger charge is -2.10. The quantitative estimate of drug-likeness (QED) is 0.896. The Balaban J connectivity index is 1.90. The normalized spacial score (nSPS) is 10.9.